The van der Waals surface area contributed by atoms with Gasteiger partial charge in [-0.3, -0.25) is 4.79 Å². The molecule has 6 nitrogen and oxygen atoms in total. The summed E-state index contributed by atoms with van der Waals surface area (Å²) in [6.07, 6.45) is 2.07. The summed E-state index contributed by atoms with van der Waals surface area (Å²) in [5.41, 5.74) is 1.78. The van der Waals surface area contributed by atoms with E-state index in [0.29, 0.717) is 18.8 Å². The van der Waals surface area contributed by atoms with Gasteiger partial charge in [0.15, 0.2) is 0 Å². The number of benzene rings is 1. The van der Waals surface area contributed by atoms with Crippen molar-refractivity contribution in [3.05, 3.63) is 53.7 Å². The predicted molar refractivity (Wildman–Crippen MR) is 100 cm³/mol. The van der Waals surface area contributed by atoms with Crippen LogP contribution in [0.25, 0.3) is 0 Å². The Kier molecular flexibility index (Phi) is 5.38. The summed E-state index contributed by atoms with van der Waals surface area (Å²) in [6.45, 7) is 4.09. The van der Waals surface area contributed by atoms with Gasteiger partial charge in [0.25, 0.3) is 0 Å². The zero-order valence-electron chi connectivity index (χ0n) is 15.0. The number of carbonyl (C=O) groups is 1. The number of rotatable bonds is 4. The number of piperidine rings is 1. The fourth-order valence-electron chi connectivity index (χ4n) is 3.12. The van der Waals surface area contributed by atoms with E-state index in [1.807, 2.05) is 19.9 Å². The highest BCUT2D eigenvalue weighted by molar-refractivity contribution is 7.89. The van der Waals surface area contributed by atoms with Crippen LogP contribution in [0.4, 0.5) is 5.82 Å². The molecule has 1 aromatic carbocycles. The van der Waals surface area contributed by atoms with Crippen molar-refractivity contribution in [2.75, 3.05) is 11.9 Å². The lowest BCUT2D eigenvalue weighted by Crippen LogP contribution is -2.49. The monoisotopic (exact) mass is 373 g/mol. The first kappa shape index (κ1) is 18.5. The van der Waals surface area contributed by atoms with Crippen molar-refractivity contribution in [3.8, 4) is 0 Å². The maximum Gasteiger partial charge on any atom is 0.243 e. The number of hydrogen-bond acceptors (Lipinski definition) is 4. The third kappa shape index (κ3) is 3.94. The van der Waals surface area contributed by atoms with Gasteiger partial charge < -0.3 is 5.32 Å². The van der Waals surface area contributed by atoms with Crippen LogP contribution in [-0.4, -0.2) is 36.2 Å². The summed E-state index contributed by atoms with van der Waals surface area (Å²) in [7, 11) is -3.72. The molecule has 1 atom stereocenters. The van der Waals surface area contributed by atoms with Crippen molar-refractivity contribution in [3.63, 3.8) is 0 Å². The molecular formula is C19H23N3O3S. The molecule has 26 heavy (non-hydrogen) atoms. The number of carbonyl (C=O) groups excluding carboxylic acids is 1. The van der Waals surface area contributed by atoms with Crippen LogP contribution in [0.5, 0.6) is 0 Å². The average molecular weight is 373 g/mol. The van der Waals surface area contributed by atoms with Crippen LogP contribution in [0.1, 0.15) is 30.5 Å². The molecule has 1 unspecified atom stereocenters. The van der Waals surface area contributed by atoms with Crippen LogP contribution < -0.4 is 5.32 Å². The molecule has 0 saturated carbocycles. The third-order valence-electron chi connectivity index (χ3n) is 4.52. The Morgan fingerprint density at radius 1 is 1.12 bits per heavy atom. The molecule has 0 bridgehead atoms. The van der Waals surface area contributed by atoms with Gasteiger partial charge in [-0.1, -0.05) is 30.2 Å². The normalized spacial score (nSPS) is 18.5. The Balaban J connectivity index is 1.85. The van der Waals surface area contributed by atoms with Gasteiger partial charge in [-0.15, -0.1) is 0 Å². The van der Waals surface area contributed by atoms with E-state index in [0.717, 1.165) is 24.1 Å². The highest BCUT2D eigenvalue weighted by Crippen LogP contribution is 2.26. The van der Waals surface area contributed by atoms with Gasteiger partial charge in [0, 0.05) is 12.2 Å². The number of aryl methyl sites for hydroxylation is 2. The van der Waals surface area contributed by atoms with E-state index in [9.17, 15) is 13.2 Å². The largest absolute Gasteiger partial charge is 0.309 e. The fraction of sp³-hybridized carbons (Fsp3) is 0.368. The maximum atomic E-state index is 13.1. The molecule has 138 valence electrons. The van der Waals surface area contributed by atoms with Crippen LogP contribution in [0.15, 0.2) is 47.4 Å². The van der Waals surface area contributed by atoms with Crippen molar-refractivity contribution in [2.24, 2.45) is 0 Å². The average Bonchev–Trinajstić information content (AvgIpc) is 2.62. The molecule has 0 radical (unpaired) electrons. The minimum absolute atomic E-state index is 0.219. The van der Waals surface area contributed by atoms with E-state index in [-0.39, 0.29) is 10.8 Å². The zero-order chi connectivity index (χ0) is 18.7. The van der Waals surface area contributed by atoms with E-state index in [1.54, 1.807) is 36.4 Å². The zero-order valence-corrected chi connectivity index (χ0v) is 15.8. The number of pyridine rings is 1. The van der Waals surface area contributed by atoms with Crippen molar-refractivity contribution in [1.29, 1.82) is 0 Å². The minimum Gasteiger partial charge on any atom is -0.309 e. The smallest absolute Gasteiger partial charge is 0.243 e. The van der Waals surface area contributed by atoms with Crippen molar-refractivity contribution < 1.29 is 13.2 Å². The lowest BCUT2D eigenvalue weighted by atomic mass is 10.0. The summed E-state index contributed by atoms with van der Waals surface area (Å²) in [5.74, 6) is 0.103. The van der Waals surface area contributed by atoms with E-state index in [2.05, 4.69) is 10.3 Å². The summed E-state index contributed by atoms with van der Waals surface area (Å²) < 4.78 is 27.4. The number of nitrogens with one attached hydrogen (secondary N) is 1. The Labute approximate surface area is 154 Å². The quantitative estimate of drug-likeness (QED) is 0.894. The third-order valence-corrected chi connectivity index (χ3v) is 6.45. The van der Waals surface area contributed by atoms with E-state index >= 15 is 0 Å². The van der Waals surface area contributed by atoms with Crippen molar-refractivity contribution >= 4 is 21.7 Å². The minimum atomic E-state index is -3.72. The molecule has 2 heterocycles. The Bertz CT molecular complexity index is 895. The predicted octanol–water partition coefficient (Wildman–Crippen LogP) is 2.88. The number of nitrogens with zero attached hydrogens (tertiary/aromatic N) is 2. The number of hydrogen-bond donors (Lipinski definition) is 1. The summed E-state index contributed by atoms with van der Waals surface area (Å²) in [4.78, 5) is 17.2. The molecule has 1 amide bonds. The van der Waals surface area contributed by atoms with Gasteiger partial charge in [-0.25, -0.2) is 13.4 Å². The second-order valence-corrected chi connectivity index (χ2v) is 8.48. The highest BCUT2D eigenvalue weighted by Gasteiger charge is 2.37. The van der Waals surface area contributed by atoms with Crippen molar-refractivity contribution in [1.82, 2.24) is 9.29 Å². The standard InChI is InChI=1S/C19H23N3O3S/c1-14-9-11-16(12-10-14)26(24,25)22-13-4-3-7-17(22)19(23)21-18-8-5-6-15(2)20-18/h5-6,8-12,17H,3-4,7,13H2,1-2H3,(H,20,21,23). The number of sulfonamides is 1. The molecule has 1 aliphatic heterocycles. The Hall–Kier alpha value is -2.25. The Morgan fingerprint density at radius 2 is 1.85 bits per heavy atom. The number of aromatic nitrogens is 1. The molecule has 7 heteroatoms. The van der Waals surface area contributed by atoms with Gasteiger partial charge in [-0.2, -0.15) is 4.31 Å². The molecule has 0 spiro atoms. The van der Waals surface area contributed by atoms with Gasteiger partial charge in [-0.05, 0) is 51.0 Å². The topological polar surface area (TPSA) is 79.4 Å². The van der Waals surface area contributed by atoms with Crippen molar-refractivity contribution in [2.45, 2.75) is 44.0 Å². The number of amides is 1. The molecule has 0 aliphatic carbocycles. The van der Waals surface area contributed by atoms with Crippen LogP contribution in [0.2, 0.25) is 0 Å². The molecule has 1 N–H and O–H groups in total. The van der Waals surface area contributed by atoms with E-state index < -0.39 is 16.1 Å². The maximum absolute atomic E-state index is 13.1. The van der Waals surface area contributed by atoms with E-state index in [4.69, 9.17) is 0 Å². The number of anilines is 1. The first-order valence-electron chi connectivity index (χ1n) is 8.71. The molecular weight excluding hydrogens is 350 g/mol. The summed E-state index contributed by atoms with van der Waals surface area (Å²) in [6, 6.07) is 11.3. The lowest BCUT2D eigenvalue weighted by Gasteiger charge is -2.33. The van der Waals surface area contributed by atoms with E-state index in [1.165, 1.54) is 4.31 Å². The summed E-state index contributed by atoms with van der Waals surface area (Å²) >= 11 is 0. The van der Waals surface area contributed by atoms with Crippen LogP contribution >= 0.6 is 0 Å². The molecule has 3 rings (SSSR count). The molecule has 1 fully saturated rings. The van der Waals surface area contributed by atoms with Gasteiger partial charge >= 0.3 is 0 Å². The fourth-order valence-corrected chi connectivity index (χ4v) is 4.78. The van der Waals surface area contributed by atoms with Gasteiger partial charge in [0.05, 0.1) is 4.90 Å². The van der Waals surface area contributed by atoms with Gasteiger partial charge in [0.1, 0.15) is 11.9 Å². The van der Waals surface area contributed by atoms with Crippen LogP contribution in [-0.2, 0) is 14.8 Å². The molecule has 1 saturated heterocycles. The second kappa shape index (κ2) is 7.55. The van der Waals surface area contributed by atoms with Crippen LogP contribution in [0, 0.1) is 13.8 Å². The molecule has 1 aliphatic rings. The van der Waals surface area contributed by atoms with Crippen LogP contribution in [0.3, 0.4) is 0 Å². The summed E-state index contributed by atoms with van der Waals surface area (Å²) in [5, 5.41) is 2.76. The first-order valence-corrected chi connectivity index (χ1v) is 10.1. The highest BCUT2D eigenvalue weighted by atomic mass is 32.2. The molecule has 1 aromatic heterocycles. The molecule has 2 aromatic rings. The Morgan fingerprint density at radius 3 is 2.54 bits per heavy atom. The van der Waals surface area contributed by atoms with Gasteiger partial charge in [0.2, 0.25) is 15.9 Å². The second-order valence-electron chi connectivity index (χ2n) is 6.59. The first-order chi connectivity index (χ1) is 12.4. The lowest BCUT2D eigenvalue weighted by molar-refractivity contribution is -0.120. The SMILES string of the molecule is Cc1ccc(S(=O)(=O)N2CCCCC2C(=O)Nc2cccc(C)n2)cc1.